The summed E-state index contributed by atoms with van der Waals surface area (Å²) >= 11 is 0. The molecule has 1 aliphatic heterocycles. The molecular formula is C32H41FN2O10. The summed E-state index contributed by atoms with van der Waals surface area (Å²) in [5.41, 5.74) is -1.11. The Hall–Kier alpha value is -4.23. The highest BCUT2D eigenvalue weighted by atomic mass is 19.1. The van der Waals surface area contributed by atoms with Crippen molar-refractivity contribution < 1.29 is 53.5 Å². The van der Waals surface area contributed by atoms with Gasteiger partial charge in [-0.2, -0.15) is 0 Å². The summed E-state index contributed by atoms with van der Waals surface area (Å²) < 4.78 is 25.5. The molecule has 2 fully saturated rings. The molecule has 1 amide bonds. The number of rotatable bonds is 12. The van der Waals surface area contributed by atoms with Gasteiger partial charge in [-0.1, -0.05) is 24.3 Å². The predicted octanol–water partition coefficient (Wildman–Crippen LogP) is 3.53. The van der Waals surface area contributed by atoms with Crippen LogP contribution in [-0.2, 0) is 31.3 Å². The van der Waals surface area contributed by atoms with Crippen molar-refractivity contribution in [1.29, 1.82) is 0 Å². The van der Waals surface area contributed by atoms with E-state index in [4.69, 9.17) is 29.9 Å². The molecule has 5 N–H and O–H groups in total. The molecular weight excluding hydrogens is 591 g/mol. The van der Waals surface area contributed by atoms with Crippen LogP contribution in [0.1, 0.15) is 69.4 Å². The van der Waals surface area contributed by atoms with Crippen molar-refractivity contribution in [3.05, 3.63) is 59.4 Å². The number of hydrogen-bond acceptors (Lipinski definition) is 8. The first-order valence-corrected chi connectivity index (χ1v) is 14.8. The van der Waals surface area contributed by atoms with Crippen molar-refractivity contribution in [2.75, 3.05) is 20.2 Å². The number of benzene rings is 2. The van der Waals surface area contributed by atoms with Crippen LogP contribution in [0, 0.1) is 5.82 Å². The minimum Gasteiger partial charge on any atom is -0.493 e. The number of aliphatic hydroxyl groups is 1. The minimum absolute atomic E-state index is 0.0668. The van der Waals surface area contributed by atoms with Gasteiger partial charge in [-0.3, -0.25) is 19.3 Å². The molecule has 0 atom stereocenters. The Balaban J connectivity index is 0.000000360. The maximum Gasteiger partial charge on any atom is 0.336 e. The van der Waals surface area contributed by atoms with E-state index >= 15 is 0 Å². The van der Waals surface area contributed by atoms with Crippen molar-refractivity contribution in [2.24, 2.45) is 0 Å². The maximum atomic E-state index is 13.5. The van der Waals surface area contributed by atoms with Crippen LogP contribution in [0.3, 0.4) is 0 Å². The smallest absolute Gasteiger partial charge is 0.336 e. The average Bonchev–Trinajstić information content (AvgIpc) is 3.48. The molecule has 1 aliphatic carbocycles. The molecule has 2 aromatic rings. The molecule has 0 spiro atoms. The Morgan fingerprint density at radius 1 is 0.978 bits per heavy atom. The first-order valence-electron chi connectivity index (χ1n) is 14.8. The van der Waals surface area contributed by atoms with E-state index in [2.05, 4.69) is 16.3 Å². The van der Waals surface area contributed by atoms with Crippen molar-refractivity contribution >= 4 is 23.8 Å². The molecule has 0 aromatic heterocycles. The highest BCUT2D eigenvalue weighted by Crippen LogP contribution is 2.38. The number of nitrogens with one attached hydrogen (secondary N) is 1. The standard InChI is InChI=1S/C26H33FN2O3.C6H8O7/c1-19(30)28-26(21-10-12-22(27)13-11-21)14-16-29(17-15-26)18-20-6-5-9-24(31-2)25(20)32-23-7-3-4-8-23;7-3(8)1-6(13,5(11)12)2-4(9)10/h5-6,9-13,23H,3-4,7-8,14-18H2,1-2H3,(H,28,30);13H,1-2H2,(H,7,8)(H,9,10)(H,11,12). The molecule has 2 aliphatic rings. The molecule has 2 aromatic carbocycles. The second-order valence-corrected chi connectivity index (χ2v) is 11.5. The number of carboxylic acid groups (broad SMARTS) is 3. The average molecular weight is 633 g/mol. The zero-order valence-corrected chi connectivity index (χ0v) is 25.5. The Kier molecular flexibility index (Phi) is 12.3. The number of halogens is 1. The van der Waals surface area contributed by atoms with Crippen LogP contribution < -0.4 is 14.8 Å². The molecule has 1 heterocycles. The SMILES string of the molecule is COc1cccc(CN2CCC(NC(C)=O)(c3ccc(F)cc3)CC2)c1OC1CCCC1.O=C(O)CC(O)(CC(=O)O)C(=O)O. The number of carboxylic acids is 3. The van der Waals surface area contributed by atoms with Crippen LogP contribution in [0.15, 0.2) is 42.5 Å². The van der Waals surface area contributed by atoms with Gasteiger partial charge >= 0.3 is 17.9 Å². The molecule has 0 radical (unpaired) electrons. The summed E-state index contributed by atoms with van der Waals surface area (Å²) in [4.78, 5) is 44.9. The summed E-state index contributed by atoms with van der Waals surface area (Å²) in [7, 11) is 1.69. The summed E-state index contributed by atoms with van der Waals surface area (Å²) in [6, 6.07) is 12.6. The highest BCUT2D eigenvalue weighted by molar-refractivity contribution is 5.88. The number of hydrogen-bond donors (Lipinski definition) is 5. The van der Waals surface area contributed by atoms with E-state index in [1.807, 2.05) is 12.1 Å². The lowest BCUT2D eigenvalue weighted by Crippen LogP contribution is -2.52. The van der Waals surface area contributed by atoms with Crippen LogP contribution >= 0.6 is 0 Å². The zero-order valence-electron chi connectivity index (χ0n) is 25.5. The molecule has 13 heteroatoms. The van der Waals surface area contributed by atoms with Crippen LogP contribution in [-0.4, -0.2) is 81.0 Å². The predicted molar refractivity (Wildman–Crippen MR) is 159 cm³/mol. The monoisotopic (exact) mass is 632 g/mol. The van der Waals surface area contributed by atoms with Crippen molar-refractivity contribution in [3.63, 3.8) is 0 Å². The van der Waals surface area contributed by atoms with Crippen LogP contribution in [0.2, 0.25) is 0 Å². The first-order chi connectivity index (χ1) is 21.3. The molecule has 1 saturated carbocycles. The van der Waals surface area contributed by atoms with Gasteiger partial charge in [0.25, 0.3) is 0 Å². The quantitative estimate of drug-likeness (QED) is 0.231. The van der Waals surface area contributed by atoms with Crippen LogP contribution in [0.25, 0.3) is 0 Å². The van der Waals surface area contributed by atoms with Crippen molar-refractivity contribution in [1.82, 2.24) is 10.2 Å². The Morgan fingerprint density at radius 2 is 1.56 bits per heavy atom. The zero-order chi connectivity index (χ0) is 33.2. The van der Waals surface area contributed by atoms with E-state index < -0.39 is 41.9 Å². The van der Waals surface area contributed by atoms with Gasteiger partial charge in [0, 0.05) is 32.1 Å². The lowest BCUT2D eigenvalue weighted by molar-refractivity contribution is -0.170. The largest absolute Gasteiger partial charge is 0.493 e. The van der Waals surface area contributed by atoms with E-state index in [0.29, 0.717) is 0 Å². The van der Waals surface area contributed by atoms with Gasteiger partial charge in [0.1, 0.15) is 5.82 Å². The number of carbonyl (C=O) groups is 4. The fourth-order valence-corrected chi connectivity index (χ4v) is 5.79. The number of methoxy groups -OCH3 is 1. The lowest BCUT2D eigenvalue weighted by Gasteiger charge is -2.43. The van der Waals surface area contributed by atoms with Crippen LogP contribution in [0.4, 0.5) is 4.39 Å². The van der Waals surface area contributed by atoms with Gasteiger partial charge in [0.05, 0.1) is 31.6 Å². The minimum atomic E-state index is -2.74. The van der Waals surface area contributed by atoms with E-state index in [-0.39, 0.29) is 17.8 Å². The third-order valence-electron chi connectivity index (χ3n) is 8.07. The van der Waals surface area contributed by atoms with E-state index in [1.54, 1.807) is 26.2 Å². The van der Waals surface area contributed by atoms with E-state index in [0.717, 1.165) is 67.9 Å². The van der Waals surface area contributed by atoms with Gasteiger partial charge in [0.15, 0.2) is 17.1 Å². The van der Waals surface area contributed by atoms with Gasteiger partial charge in [0.2, 0.25) is 5.91 Å². The number of likely N-dealkylation sites (tertiary alicyclic amines) is 1. The number of carbonyl (C=O) groups excluding carboxylic acids is 1. The van der Waals surface area contributed by atoms with Gasteiger partial charge in [-0.25, -0.2) is 9.18 Å². The van der Waals surface area contributed by atoms with Crippen molar-refractivity contribution in [2.45, 2.75) is 82.1 Å². The van der Waals surface area contributed by atoms with Crippen molar-refractivity contribution in [3.8, 4) is 11.5 Å². The summed E-state index contributed by atoms with van der Waals surface area (Å²) in [6.45, 7) is 3.94. The molecule has 0 bridgehead atoms. The Labute approximate surface area is 260 Å². The molecule has 45 heavy (non-hydrogen) atoms. The third kappa shape index (κ3) is 9.88. The fraction of sp³-hybridized carbons (Fsp3) is 0.500. The Morgan fingerprint density at radius 3 is 2.04 bits per heavy atom. The number of ether oxygens (including phenoxy) is 2. The normalized spacial score (nSPS) is 16.6. The molecule has 4 rings (SSSR count). The molecule has 12 nitrogen and oxygen atoms in total. The molecule has 1 saturated heterocycles. The fourth-order valence-electron chi connectivity index (χ4n) is 5.79. The number of amides is 1. The van der Waals surface area contributed by atoms with Crippen LogP contribution in [0.5, 0.6) is 11.5 Å². The van der Waals surface area contributed by atoms with Gasteiger partial charge < -0.3 is 35.2 Å². The third-order valence-corrected chi connectivity index (χ3v) is 8.07. The van der Waals surface area contributed by atoms with Gasteiger partial charge in [-0.05, 0) is 62.3 Å². The summed E-state index contributed by atoms with van der Waals surface area (Å²) in [5, 5.41) is 37.0. The first kappa shape index (κ1) is 35.3. The second kappa shape index (κ2) is 15.7. The van der Waals surface area contributed by atoms with E-state index in [9.17, 15) is 23.6 Å². The number of nitrogens with zero attached hydrogens (tertiary/aromatic N) is 1. The number of aliphatic carboxylic acids is 3. The maximum absolute atomic E-state index is 13.5. The highest BCUT2D eigenvalue weighted by Gasteiger charge is 2.41. The second-order valence-electron chi connectivity index (χ2n) is 11.5. The Bertz CT molecular complexity index is 1320. The molecule has 246 valence electrons. The number of piperidine rings is 1. The summed E-state index contributed by atoms with van der Waals surface area (Å²) in [5.74, 6) is -3.71. The lowest BCUT2D eigenvalue weighted by atomic mass is 9.80. The molecule has 0 unspecified atom stereocenters. The summed E-state index contributed by atoms with van der Waals surface area (Å²) in [6.07, 6.45) is 4.13. The number of para-hydroxylation sites is 1. The topological polar surface area (TPSA) is 183 Å². The van der Waals surface area contributed by atoms with Gasteiger partial charge in [-0.15, -0.1) is 0 Å². The van der Waals surface area contributed by atoms with E-state index in [1.165, 1.54) is 25.0 Å².